The van der Waals surface area contributed by atoms with Gasteiger partial charge in [-0.2, -0.15) is 0 Å². The van der Waals surface area contributed by atoms with Crippen molar-refractivity contribution in [1.82, 2.24) is 15.5 Å². The summed E-state index contributed by atoms with van der Waals surface area (Å²) >= 11 is 0. The van der Waals surface area contributed by atoms with Crippen molar-refractivity contribution in [3.8, 4) is 0 Å². The summed E-state index contributed by atoms with van der Waals surface area (Å²) in [5.74, 6) is 1.64. The van der Waals surface area contributed by atoms with E-state index in [0.29, 0.717) is 4.90 Å². The first kappa shape index (κ1) is 24.2. The fraction of sp³-hybridized carbons (Fsp3) is 0.632. The van der Waals surface area contributed by atoms with Gasteiger partial charge in [0.1, 0.15) is 0 Å². The molecule has 1 fully saturated rings. The predicted octanol–water partition coefficient (Wildman–Crippen LogP) is 2.15. The third-order valence-corrected chi connectivity index (χ3v) is 6.09. The molecule has 1 aromatic carbocycles. The Labute approximate surface area is 181 Å². The quantitative estimate of drug-likeness (QED) is 0.336. The van der Waals surface area contributed by atoms with Crippen LogP contribution < -0.4 is 10.6 Å². The molecule has 1 aliphatic heterocycles. The zero-order chi connectivity index (χ0) is 19.0. The number of nitrogens with one attached hydrogen (secondary N) is 2. The zero-order valence-electron chi connectivity index (χ0n) is 16.6. The summed E-state index contributed by atoms with van der Waals surface area (Å²) in [6, 6.07) is 7.07. The molecule has 2 rings (SSSR count). The fourth-order valence-corrected chi connectivity index (χ4v) is 3.83. The summed E-state index contributed by atoms with van der Waals surface area (Å²) in [7, 11) is 0.845. The molecule has 154 valence electrons. The van der Waals surface area contributed by atoms with Gasteiger partial charge in [-0.1, -0.05) is 12.1 Å². The molecule has 1 heterocycles. The van der Waals surface area contributed by atoms with Gasteiger partial charge in [-0.3, -0.25) is 4.99 Å². The number of benzene rings is 1. The van der Waals surface area contributed by atoms with Crippen LogP contribution in [-0.2, 0) is 16.3 Å². The predicted molar refractivity (Wildman–Crippen MR) is 123 cm³/mol. The maximum atomic E-state index is 11.5. The van der Waals surface area contributed by atoms with Crippen molar-refractivity contribution >= 4 is 39.8 Å². The number of rotatable bonds is 7. The van der Waals surface area contributed by atoms with Crippen molar-refractivity contribution in [2.75, 3.05) is 46.5 Å². The Bertz CT molecular complexity index is 684. The number of sulfone groups is 1. The molecule has 1 saturated heterocycles. The van der Waals surface area contributed by atoms with Gasteiger partial charge in [0.25, 0.3) is 0 Å². The maximum Gasteiger partial charge on any atom is 0.190 e. The van der Waals surface area contributed by atoms with Crippen LogP contribution in [0.3, 0.4) is 0 Å². The van der Waals surface area contributed by atoms with E-state index in [1.165, 1.54) is 38.6 Å². The van der Waals surface area contributed by atoms with Gasteiger partial charge in [0.2, 0.25) is 0 Å². The molecule has 1 aliphatic rings. The number of likely N-dealkylation sites (tertiary alicyclic amines) is 1. The van der Waals surface area contributed by atoms with E-state index in [0.717, 1.165) is 37.0 Å². The van der Waals surface area contributed by atoms with E-state index < -0.39 is 9.84 Å². The van der Waals surface area contributed by atoms with E-state index in [1.54, 1.807) is 19.2 Å². The van der Waals surface area contributed by atoms with Crippen molar-refractivity contribution in [3.05, 3.63) is 29.8 Å². The second kappa shape index (κ2) is 11.9. The minimum atomic E-state index is -3.13. The molecule has 2 N–H and O–H groups in total. The maximum absolute atomic E-state index is 11.5. The van der Waals surface area contributed by atoms with Crippen molar-refractivity contribution in [3.63, 3.8) is 0 Å². The zero-order valence-corrected chi connectivity index (χ0v) is 19.7. The van der Waals surface area contributed by atoms with Crippen molar-refractivity contribution in [2.24, 2.45) is 10.9 Å². The van der Waals surface area contributed by atoms with E-state index in [9.17, 15) is 8.42 Å². The number of hydrogen-bond acceptors (Lipinski definition) is 4. The summed E-state index contributed by atoms with van der Waals surface area (Å²) < 4.78 is 23.0. The van der Waals surface area contributed by atoms with Crippen LogP contribution >= 0.6 is 24.0 Å². The Kier molecular flexibility index (Phi) is 10.6. The van der Waals surface area contributed by atoms with E-state index in [2.05, 4.69) is 27.6 Å². The number of hydrogen-bond donors (Lipinski definition) is 2. The minimum absolute atomic E-state index is 0. The number of guanidine groups is 1. The van der Waals surface area contributed by atoms with Gasteiger partial charge in [-0.05, 0) is 69.4 Å². The molecule has 0 aliphatic carbocycles. The lowest BCUT2D eigenvalue weighted by atomic mass is 9.94. The second-order valence-electron chi connectivity index (χ2n) is 7.13. The third kappa shape index (κ3) is 8.78. The van der Waals surface area contributed by atoms with Crippen LogP contribution in [0.1, 0.15) is 24.8 Å². The highest BCUT2D eigenvalue weighted by atomic mass is 127. The molecule has 0 radical (unpaired) electrons. The van der Waals surface area contributed by atoms with Gasteiger partial charge in [0, 0.05) is 26.4 Å². The summed E-state index contributed by atoms with van der Waals surface area (Å²) in [6.45, 7) is 4.11. The van der Waals surface area contributed by atoms with E-state index in [-0.39, 0.29) is 24.0 Å². The molecule has 27 heavy (non-hydrogen) atoms. The Morgan fingerprint density at radius 3 is 2.30 bits per heavy atom. The Hall–Kier alpha value is -0.870. The Morgan fingerprint density at radius 2 is 1.74 bits per heavy atom. The molecule has 0 spiro atoms. The first-order valence-electron chi connectivity index (χ1n) is 9.30. The van der Waals surface area contributed by atoms with Gasteiger partial charge < -0.3 is 15.5 Å². The molecule has 0 saturated carbocycles. The minimum Gasteiger partial charge on any atom is -0.356 e. The first-order valence-corrected chi connectivity index (χ1v) is 11.2. The smallest absolute Gasteiger partial charge is 0.190 e. The molecule has 0 bridgehead atoms. The van der Waals surface area contributed by atoms with Crippen molar-refractivity contribution in [1.29, 1.82) is 0 Å². The van der Waals surface area contributed by atoms with Crippen LogP contribution in [0.25, 0.3) is 0 Å². The molecule has 1 aromatic rings. The average Bonchev–Trinajstić information content (AvgIpc) is 2.61. The summed E-state index contributed by atoms with van der Waals surface area (Å²) in [6.07, 6.45) is 5.80. The van der Waals surface area contributed by atoms with Crippen LogP contribution in [0.4, 0.5) is 0 Å². The van der Waals surface area contributed by atoms with Crippen LogP contribution in [0, 0.1) is 5.92 Å². The summed E-state index contributed by atoms with van der Waals surface area (Å²) in [4.78, 5) is 7.02. The summed E-state index contributed by atoms with van der Waals surface area (Å²) in [5, 5.41) is 6.71. The normalized spacial score (nSPS) is 16.6. The van der Waals surface area contributed by atoms with Gasteiger partial charge in [-0.15, -0.1) is 24.0 Å². The molecule has 0 unspecified atom stereocenters. The fourth-order valence-electron chi connectivity index (χ4n) is 3.19. The third-order valence-electron chi connectivity index (χ3n) is 4.96. The lowest BCUT2D eigenvalue weighted by Gasteiger charge is -2.29. The first-order chi connectivity index (χ1) is 12.4. The van der Waals surface area contributed by atoms with Gasteiger partial charge in [-0.25, -0.2) is 8.42 Å². The van der Waals surface area contributed by atoms with Crippen LogP contribution in [0.5, 0.6) is 0 Å². The largest absolute Gasteiger partial charge is 0.356 e. The lowest BCUT2D eigenvalue weighted by molar-refractivity contribution is 0.213. The molecule has 0 aromatic heterocycles. The molecule has 0 amide bonds. The van der Waals surface area contributed by atoms with Crippen molar-refractivity contribution in [2.45, 2.75) is 30.6 Å². The molecular formula is C19H33IN4O2S. The summed E-state index contributed by atoms with van der Waals surface area (Å²) in [5.41, 5.74) is 1.10. The molecular weight excluding hydrogens is 475 g/mol. The van der Waals surface area contributed by atoms with Gasteiger partial charge >= 0.3 is 0 Å². The number of nitrogens with zero attached hydrogens (tertiary/aromatic N) is 2. The number of piperidine rings is 1. The van der Waals surface area contributed by atoms with Crippen LogP contribution in [-0.4, -0.2) is 65.8 Å². The molecule has 6 nitrogen and oxygen atoms in total. The average molecular weight is 508 g/mol. The molecule has 0 atom stereocenters. The van der Waals surface area contributed by atoms with Gasteiger partial charge in [0.05, 0.1) is 4.90 Å². The van der Waals surface area contributed by atoms with E-state index in [4.69, 9.17) is 0 Å². The van der Waals surface area contributed by atoms with E-state index >= 15 is 0 Å². The lowest BCUT2D eigenvalue weighted by Crippen LogP contribution is -2.39. The second-order valence-corrected chi connectivity index (χ2v) is 9.14. The Balaban J connectivity index is 0.00000364. The van der Waals surface area contributed by atoms with Gasteiger partial charge in [0.15, 0.2) is 15.8 Å². The monoisotopic (exact) mass is 508 g/mol. The Morgan fingerprint density at radius 1 is 1.15 bits per heavy atom. The van der Waals surface area contributed by atoms with E-state index in [1.807, 2.05) is 12.1 Å². The highest BCUT2D eigenvalue weighted by Gasteiger charge is 2.16. The van der Waals surface area contributed by atoms with Crippen molar-refractivity contribution < 1.29 is 8.42 Å². The molecule has 8 heteroatoms. The number of halogens is 1. The SMILES string of the molecule is CN=C(NCCc1ccc(S(C)(=O)=O)cc1)NCCC1CCN(C)CC1.I. The van der Waals surface area contributed by atoms with Crippen LogP contribution in [0.15, 0.2) is 34.2 Å². The topological polar surface area (TPSA) is 73.8 Å². The highest BCUT2D eigenvalue weighted by molar-refractivity contribution is 14.0. The highest BCUT2D eigenvalue weighted by Crippen LogP contribution is 2.18. The standard InChI is InChI=1S/C19H32N4O2S.HI/c1-20-19(22-13-9-17-10-14-23(2)15-11-17)21-12-8-16-4-6-18(7-5-16)26(3,24)25;/h4-7,17H,8-15H2,1-3H3,(H2,20,21,22);1H. The number of aliphatic imine (C=N–C) groups is 1. The van der Waals surface area contributed by atoms with Crippen LogP contribution in [0.2, 0.25) is 0 Å².